The van der Waals surface area contributed by atoms with E-state index >= 15 is 0 Å². The summed E-state index contributed by atoms with van der Waals surface area (Å²) in [5, 5.41) is 3.73. The Morgan fingerprint density at radius 3 is 3.08 bits per heavy atom. The van der Waals surface area contributed by atoms with E-state index in [1.54, 1.807) is 0 Å². The normalized spacial score (nSPS) is 24.9. The zero-order chi connectivity index (χ0) is 9.26. The van der Waals surface area contributed by atoms with Crippen LogP contribution in [0, 0.1) is 0 Å². The van der Waals surface area contributed by atoms with E-state index in [1.807, 2.05) is 0 Å². The fourth-order valence-corrected chi connectivity index (χ4v) is 2.00. The fraction of sp³-hybridized carbons (Fsp3) is 0.750. The molecule has 0 bridgehead atoms. The Labute approximate surface area is 85.4 Å². The summed E-state index contributed by atoms with van der Waals surface area (Å²) in [5.74, 6) is 1.18. The molecule has 13 heavy (non-hydrogen) atoms. The molecule has 0 amide bonds. The van der Waals surface area contributed by atoms with Gasteiger partial charge in [0.15, 0.2) is 0 Å². The second kappa shape index (κ2) is 3.75. The van der Waals surface area contributed by atoms with Crippen LogP contribution in [0.25, 0.3) is 0 Å². The van der Waals surface area contributed by atoms with Crippen molar-refractivity contribution in [3.8, 4) is 0 Å². The molecule has 1 atom stereocenters. The van der Waals surface area contributed by atoms with Gasteiger partial charge in [0.1, 0.15) is 0 Å². The van der Waals surface area contributed by atoms with E-state index in [1.165, 1.54) is 13.0 Å². The topological polar surface area (TPSA) is 42.2 Å². The summed E-state index contributed by atoms with van der Waals surface area (Å²) < 4.78 is 5.67. The van der Waals surface area contributed by atoms with Gasteiger partial charge in [-0.1, -0.05) is 0 Å². The molecule has 0 radical (unpaired) electrons. The van der Waals surface area contributed by atoms with Crippen LogP contribution in [0.4, 0.5) is 0 Å². The molecule has 1 saturated heterocycles. The van der Waals surface area contributed by atoms with Crippen LogP contribution in [-0.4, -0.2) is 35.2 Å². The molecule has 2 rings (SSSR count). The van der Waals surface area contributed by atoms with Crippen LogP contribution in [-0.2, 0) is 0 Å². The van der Waals surface area contributed by atoms with Gasteiger partial charge < -0.3 is 9.42 Å². The number of nitrogens with zero attached hydrogens (tertiary/aromatic N) is 3. The van der Waals surface area contributed by atoms with Crippen molar-refractivity contribution in [2.45, 2.75) is 18.8 Å². The Hall–Kier alpha value is -0.420. The number of piperidine rings is 1. The van der Waals surface area contributed by atoms with E-state index in [2.05, 4.69) is 38.0 Å². The van der Waals surface area contributed by atoms with Crippen molar-refractivity contribution in [3.63, 3.8) is 0 Å². The number of aromatic nitrogens is 2. The molecule has 1 fully saturated rings. The van der Waals surface area contributed by atoms with Crippen LogP contribution in [0.15, 0.2) is 9.26 Å². The third-order valence-corrected chi connectivity index (χ3v) is 2.71. The number of likely N-dealkylation sites (N-methyl/N-ethyl adjacent to an activating group) is 1. The molecule has 1 aliphatic rings. The number of likely N-dealkylation sites (tertiary alicyclic amines) is 1. The van der Waals surface area contributed by atoms with Crippen molar-refractivity contribution in [2.24, 2.45) is 0 Å². The van der Waals surface area contributed by atoms with Crippen molar-refractivity contribution >= 4 is 15.9 Å². The van der Waals surface area contributed by atoms with Gasteiger partial charge in [0.25, 0.3) is 0 Å². The van der Waals surface area contributed by atoms with Crippen molar-refractivity contribution in [3.05, 3.63) is 10.6 Å². The SMILES string of the molecule is CN1CCCC(c2nc(Br)no2)C1. The van der Waals surface area contributed by atoms with Crippen LogP contribution >= 0.6 is 15.9 Å². The Kier molecular flexibility index (Phi) is 2.64. The number of halogens is 1. The van der Waals surface area contributed by atoms with Crippen LogP contribution in [0.2, 0.25) is 0 Å². The minimum Gasteiger partial charge on any atom is -0.338 e. The Morgan fingerprint density at radius 2 is 2.46 bits per heavy atom. The largest absolute Gasteiger partial charge is 0.338 e. The van der Waals surface area contributed by atoms with E-state index in [4.69, 9.17) is 4.52 Å². The van der Waals surface area contributed by atoms with Gasteiger partial charge in [-0.15, -0.1) is 0 Å². The Bertz CT molecular complexity index is 289. The van der Waals surface area contributed by atoms with Gasteiger partial charge in [-0.3, -0.25) is 0 Å². The van der Waals surface area contributed by atoms with Gasteiger partial charge in [0.2, 0.25) is 10.6 Å². The highest BCUT2D eigenvalue weighted by Crippen LogP contribution is 2.25. The van der Waals surface area contributed by atoms with Gasteiger partial charge in [-0.25, -0.2) is 0 Å². The Balaban J connectivity index is 2.08. The predicted octanol–water partition coefficient (Wildman–Crippen LogP) is 1.64. The molecule has 0 aromatic carbocycles. The van der Waals surface area contributed by atoms with Crippen LogP contribution in [0.3, 0.4) is 0 Å². The molecule has 4 nitrogen and oxygen atoms in total. The summed E-state index contributed by atoms with van der Waals surface area (Å²) in [5.41, 5.74) is 0. The van der Waals surface area contributed by atoms with E-state index in [9.17, 15) is 0 Å². The zero-order valence-corrected chi connectivity index (χ0v) is 9.12. The summed E-state index contributed by atoms with van der Waals surface area (Å²) in [7, 11) is 2.12. The highest BCUT2D eigenvalue weighted by Gasteiger charge is 2.23. The minimum absolute atomic E-state index is 0.414. The smallest absolute Gasteiger partial charge is 0.238 e. The molecule has 0 spiro atoms. The van der Waals surface area contributed by atoms with E-state index in [-0.39, 0.29) is 0 Å². The second-order valence-electron chi connectivity index (χ2n) is 3.50. The Morgan fingerprint density at radius 1 is 1.62 bits per heavy atom. The molecule has 1 aromatic heterocycles. The highest BCUT2D eigenvalue weighted by atomic mass is 79.9. The molecule has 2 heterocycles. The quantitative estimate of drug-likeness (QED) is 0.755. The van der Waals surface area contributed by atoms with Gasteiger partial charge in [-0.2, -0.15) is 4.98 Å². The summed E-state index contributed by atoms with van der Waals surface area (Å²) in [6, 6.07) is 0. The van der Waals surface area contributed by atoms with Crippen molar-refractivity contribution in [1.29, 1.82) is 0 Å². The first-order valence-electron chi connectivity index (χ1n) is 4.43. The van der Waals surface area contributed by atoms with Gasteiger partial charge in [0, 0.05) is 6.54 Å². The third-order valence-electron chi connectivity index (χ3n) is 2.39. The molecule has 72 valence electrons. The maximum absolute atomic E-state index is 5.12. The fourth-order valence-electron chi connectivity index (χ4n) is 1.75. The molecular weight excluding hydrogens is 234 g/mol. The molecule has 1 aliphatic heterocycles. The van der Waals surface area contributed by atoms with Crippen LogP contribution in [0.5, 0.6) is 0 Å². The summed E-state index contributed by atoms with van der Waals surface area (Å²) in [6.07, 6.45) is 2.36. The lowest BCUT2D eigenvalue weighted by Crippen LogP contribution is -2.30. The average Bonchev–Trinajstić information content (AvgIpc) is 2.52. The van der Waals surface area contributed by atoms with Gasteiger partial charge in [-0.05, 0) is 47.5 Å². The van der Waals surface area contributed by atoms with E-state index in [0.717, 1.165) is 18.9 Å². The minimum atomic E-state index is 0.414. The van der Waals surface area contributed by atoms with Gasteiger partial charge in [0.05, 0.1) is 5.92 Å². The molecular formula is C8H12BrN3O. The lowest BCUT2D eigenvalue weighted by molar-refractivity contribution is 0.220. The van der Waals surface area contributed by atoms with Gasteiger partial charge >= 0.3 is 0 Å². The maximum Gasteiger partial charge on any atom is 0.238 e. The molecule has 5 heteroatoms. The van der Waals surface area contributed by atoms with Crippen molar-refractivity contribution in [1.82, 2.24) is 15.0 Å². The third kappa shape index (κ3) is 2.08. The summed E-state index contributed by atoms with van der Waals surface area (Å²) in [6.45, 7) is 2.19. The monoisotopic (exact) mass is 245 g/mol. The highest BCUT2D eigenvalue weighted by molar-refractivity contribution is 9.10. The van der Waals surface area contributed by atoms with Crippen molar-refractivity contribution in [2.75, 3.05) is 20.1 Å². The lowest BCUT2D eigenvalue weighted by atomic mass is 9.99. The standard InChI is InChI=1S/C8H12BrN3O/c1-12-4-2-3-6(5-12)7-10-8(9)11-13-7/h6H,2-5H2,1H3. The first kappa shape index (κ1) is 9.15. The first-order valence-corrected chi connectivity index (χ1v) is 5.22. The van der Waals surface area contributed by atoms with E-state index < -0.39 is 0 Å². The molecule has 1 aromatic rings. The van der Waals surface area contributed by atoms with Crippen molar-refractivity contribution < 1.29 is 4.52 Å². The zero-order valence-electron chi connectivity index (χ0n) is 7.53. The van der Waals surface area contributed by atoms with E-state index in [0.29, 0.717) is 10.7 Å². The number of hydrogen-bond donors (Lipinski definition) is 0. The summed E-state index contributed by atoms with van der Waals surface area (Å²) in [4.78, 5) is 6.48. The molecule has 0 aliphatic carbocycles. The molecule has 0 N–H and O–H groups in total. The number of hydrogen-bond acceptors (Lipinski definition) is 4. The maximum atomic E-state index is 5.12. The average molecular weight is 246 g/mol. The summed E-state index contributed by atoms with van der Waals surface area (Å²) >= 11 is 3.18. The lowest BCUT2D eigenvalue weighted by Gasteiger charge is -2.27. The van der Waals surface area contributed by atoms with Crippen LogP contribution in [0.1, 0.15) is 24.7 Å². The predicted molar refractivity (Wildman–Crippen MR) is 51.5 cm³/mol. The number of rotatable bonds is 1. The molecule has 1 unspecified atom stereocenters. The van der Waals surface area contributed by atoms with Crippen LogP contribution < -0.4 is 0 Å². The second-order valence-corrected chi connectivity index (χ2v) is 4.21. The first-order chi connectivity index (χ1) is 6.25. The molecule has 0 saturated carbocycles.